The zero-order chi connectivity index (χ0) is 23.5. The molecule has 0 saturated carbocycles. The number of rotatable bonds is 6. The van der Waals surface area contributed by atoms with Crippen molar-refractivity contribution in [3.8, 4) is 11.5 Å². The number of thioether (sulfide) groups is 1. The lowest BCUT2D eigenvalue weighted by molar-refractivity contribution is -0.144. The van der Waals surface area contributed by atoms with Crippen LogP contribution in [0.25, 0.3) is 16.8 Å². The van der Waals surface area contributed by atoms with Crippen molar-refractivity contribution in [2.75, 3.05) is 14.2 Å². The smallest absolute Gasteiger partial charge is 0.344 e. The third-order valence-electron chi connectivity index (χ3n) is 5.10. The van der Waals surface area contributed by atoms with Crippen LogP contribution in [0.1, 0.15) is 12.5 Å². The fourth-order valence-electron chi connectivity index (χ4n) is 3.27. The predicted molar refractivity (Wildman–Crippen MR) is 130 cm³/mol. The van der Waals surface area contributed by atoms with E-state index in [0.717, 1.165) is 22.0 Å². The molecule has 0 aromatic heterocycles. The standard InChI is InChI=1S/C25H22N2O5S/c1-15(24(29)30)32-20-11-8-16(12-21(20)31-3)13-22-23(28)27(2)25(33-22)26-19-10-9-17-6-4-5-7-18(17)14-19/h4-15H,1-3H3,(H,29,30)/b22-13-,26-25?/t15-/m0/s1. The first-order valence-electron chi connectivity index (χ1n) is 10.2. The van der Waals surface area contributed by atoms with Gasteiger partial charge in [0.1, 0.15) is 0 Å². The summed E-state index contributed by atoms with van der Waals surface area (Å²) in [6.07, 6.45) is 0.733. The number of nitrogens with zero attached hydrogens (tertiary/aromatic N) is 2. The number of carbonyl (C=O) groups excluding carboxylic acids is 1. The average Bonchev–Trinajstić information content (AvgIpc) is 3.07. The zero-order valence-electron chi connectivity index (χ0n) is 18.3. The Labute approximate surface area is 195 Å². The molecule has 3 aromatic carbocycles. The Morgan fingerprint density at radius 3 is 2.58 bits per heavy atom. The number of carboxylic acids is 1. The first kappa shape index (κ1) is 22.4. The number of amidine groups is 1. The summed E-state index contributed by atoms with van der Waals surface area (Å²) >= 11 is 1.29. The van der Waals surface area contributed by atoms with Crippen LogP contribution in [-0.4, -0.2) is 47.3 Å². The number of ether oxygens (including phenoxy) is 2. The summed E-state index contributed by atoms with van der Waals surface area (Å²) < 4.78 is 10.8. The lowest BCUT2D eigenvalue weighted by Gasteiger charge is -2.14. The molecular weight excluding hydrogens is 440 g/mol. The topological polar surface area (TPSA) is 88.4 Å². The maximum Gasteiger partial charge on any atom is 0.344 e. The van der Waals surface area contributed by atoms with E-state index in [4.69, 9.17) is 14.6 Å². The van der Waals surface area contributed by atoms with Crippen molar-refractivity contribution in [3.63, 3.8) is 0 Å². The number of carboxylic acid groups (broad SMARTS) is 1. The van der Waals surface area contributed by atoms with Crippen LogP contribution in [0.4, 0.5) is 5.69 Å². The number of fused-ring (bicyclic) bond motifs is 1. The molecule has 0 unspecified atom stereocenters. The van der Waals surface area contributed by atoms with Crippen molar-refractivity contribution in [3.05, 3.63) is 71.1 Å². The molecule has 1 heterocycles. The van der Waals surface area contributed by atoms with Crippen LogP contribution in [0.5, 0.6) is 11.5 Å². The molecule has 1 atom stereocenters. The summed E-state index contributed by atoms with van der Waals surface area (Å²) in [7, 11) is 3.17. The monoisotopic (exact) mass is 462 g/mol. The number of aliphatic carboxylic acids is 1. The molecule has 1 saturated heterocycles. The van der Waals surface area contributed by atoms with Crippen LogP contribution in [0, 0.1) is 0 Å². The van der Waals surface area contributed by atoms with E-state index in [1.54, 1.807) is 31.3 Å². The molecule has 1 N–H and O–H groups in total. The zero-order valence-corrected chi connectivity index (χ0v) is 19.1. The predicted octanol–water partition coefficient (Wildman–Crippen LogP) is 4.93. The van der Waals surface area contributed by atoms with E-state index in [-0.39, 0.29) is 5.91 Å². The molecule has 4 rings (SSSR count). The second kappa shape index (κ2) is 9.38. The molecule has 33 heavy (non-hydrogen) atoms. The second-order valence-corrected chi connectivity index (χ2v) is 8.42. The first-order chi connectivity index (χ1) is 15.9. The molecule has 168 valence electrons. The number of hydrogen-bond donors (Lipinski definition) is 1. The Bertz CT molecular complexity index is 1300. The highest BCUT2D eigenvalue weighted by Crippen LogP contribution is 2.35. The van der Waals surface area contributed by atoms with Crippen molar-refractivity contribution < 1.29 is 24.2 Å². The van der Waals surface area contributed by atoms with Crippen LogP contribution in [-0.2, 0) is 9.59 Å². The number of likely N-dealkylation sites (N-methyl/N-ethyl adjacent to an activating group) is 1. The molecule has 0 spiro atoms. The molecule has 1 aliphatic rings. The Kier molecular flexibility index (Phi) is 6.37. The van der Waals surface area contributed by atoms with Gasteiger partial charge in [0.15, 0.2) is 22.8 Å². The van der Waals surface area contributed by atoms with Gasteiger partial charge >= 0.3 is 5.97 Å². The summed E-state index contributed by atoms with van der Waals surface area (Å²) in [5, 5.41) is 11.9. The third kappa shape index (κ3) is 4.85. The minimum absolute atomic E-state index is 0.154. The maximum absolute atomic E-state index is 12.8. The number of aliphatic imine (C=N–C) groups is 1. The molecular formula is C25H22N2O5S. The van der Waals surface area contributed by atoms with Crippen LogP contribution >= 0.6 is 11.8 Å². The second-order valence-electron chi connectivity index (χ2n) is 7.41. The summed E-state index contributed by atoms with van der Waals surface area (Å²) in [5.74, 6) is -0.530. The molecule has 1 fully saturated rings. The van der Waals surface area contributed by atoms with E-state index >= 15 is 0 Å². The molecule has 3 aromatic rings. The normalized spacial score (nSPS) is 17.1. The Morgan fingerprint density at radius 1 is 1.09 bits per heavy atom. The van der Waals surface area contributed by atoms with Crippen molar-refractivity contribution >= 4 is 51.3 Å². The summed E-state index contributed by atoms with van der Waals surface area (Å²) in [6, 6.07) is 19.0. The van der Waals surface area contributed by atoms with E-state index < -0.39 is 12.1 Å². The molecule has 8 heteroatoms. The van der Waals surface area contributed by atoms with Gasteiger partial charge in [-0.3, -0.25) is 9.69 Å². The largest absolute Gasteiger partial charge is 0.493 e. The van der Waals surface area contributed by atoms with Crippen LogP contribution in [0.3, 0.4) is 0 Å². The fourth-order valence-corrected chi connectivity index (χ4v) is 4.26. The Hall–Kier alpha value is -3.78. The molecule has 0 bridgehead atoms. The average molecular weight is 463 g/mol. The van der Waals surface area contributed by atoms with Gasteiger partial charge in [-0.2, -0.15) is 0 Å². The third-order valence-corrected chi connectivity index (χ3v) is 6.16. The van der Waals surface area contributed by atoms with Gasteiger partial charge in [-0.1, -0.05) is 36.4 Å². The first-order valence-corrected chi connectivity index (χ1v) is 11.0. The fraction of sp³-hybridized carbons (Fsp3) is 0.160. The van der Waals surface area contributed by atoms with Crippen LogP contribution in [0.2, 0.25) is 0 Å². The van der Waals surface area contributed by atoms with Crippen molar-refractivity contribution in [2.24, 2.45) is 4.99 Å². The van der Waals surface area contributed by atoms with E-state index in [1.165, 1.54) is 30.7 Å². The van der Waals surface area contributed by atoms with Gasteiger partial charge in [-0.05, 0) is 65.4 Å². The number of methoxy groups -OCH3 is 1. The highest BCUT2D eigenvalue weighted by molar-refractivity contribution is 8.18. The number of hydrogen-bond acceptors (Lipinski definition) is 6. The quantitative estimate of drug-likeness (QED) is 0.523. The van der Waals surface area contributed by atoms with E-state index in [0.29, 0.717) is 21.6 Å². The highest BCUT2D eigenvalue weighted by atomic mass is 32.2. The van der Waals surface area contributed by atoms with Gasteiger partial charge in [0.25, 0.3) is 5.91 Å². The molecule has 1 aliphatic heterocycles. The molecule has 0 aliphatic carbocycles. The van der Waals surface area contributed by atoms with Gasteiger partial charge in [-0.25, -0.2) is 9.79 Å². The Morgan fingerprint density at radius 2 is 1.85 bits per heavy atom. The molecule has 1 amide bonds. The number of amides is 1. The highest BCUT2D eigenvalue weighted by Gasteiger charge is 2.30. The summed E-state index contributed by atoms with van der Waals surface area (Å²) in [6.45, 7) is 1.44. The summed E-state index contributed by atoms with van der Waals surface area (Å²) in [5.41, 5.74) is 1.49. The van der Waals surface area contributed by atoms with E-state index in [2.05, 4.69) is 4.99 Å². The van der Waals surface area contributed by atoms with Gasteiger partial charge in [0.05, 0.1) is 17.7 Å². The van der Waals surface area contributed by atoms with Crippen molar-refractivity contribution in [2.45, 2.75) is 13.0 Å². The Balaban J connectivity index is 1.59. The van der Waals surface area contributed by atoms with Crippen molar-refractivity contribution in [1.29, 1.82) is 0 Å². The molecule has 7 nitrogen and oxygen atoms in total. The molecule has 0 radical (unpaired) electrons. The van der Waals surface area contributed by atoms with Gasteiger partial charge in [-0.15, -0.1) is 0 Å². The SMILES string of the molecule is COc1cc(/C=C2\SC(=Nc3ccc4ccccc4c3)N(C)C2=O)ccc1O[C@@H](C)C(=O)O. The van der Waals surface area contributed by atoms with Crippen LogP contribution in [0.15, 0.2) is 70.6 Å². The lowest BCUT2D eigenvalue weighted by Crippen LogP contribution is -2.23. The summed E-state index contributed by atoms with van der Waals surface area (Å²) in [4.78, 5) is 30.6. The minimum Gasteiger partial charge on any atom is -0.493 e. The maximum atomic E-state index is 12.8. The van der Waals surface area contributed by atoms with Crippen LogP contribution < -0.4 is 9.47 Å². The van der Waals surface area contributed by atoms with Gasteiger partial charge in [0, 0.05) is 7.05 Å². The number of carbonyl (C=O) groups is 2. The minimum atomic E-state index is -1.07. The number of benzene rings is 3. The van der Waals surface area contributed by atoms with Crippen molar-refractivity contribution in [1.82, 2.24) is 4.90 Å². The van der Waals surface area contributed by atoms with E-state index in [9.17, 15) is 9.59 Å². The van der Waals surface area contributed by atoms with E-state index in [1.807, 2.05) is 42.5 Å². The lowest BCUT2D eigenvalue weighted by atomic mass is 10.1. The van der Waals surface area contributed by atoms with Gasteiger partial charge in [0.2, 0.25) is 0 Å². The van der Waals surface area contributed by atoms with Gasteiger partial charge < -0.3 is 14.6 Å².